The number of hydrogen-bond donors (Lipinski definition) is 2. The van der Waals surface area contributed by atoms with Crippen LogP contribution in [0.1, 0.15) is 16.3 Å². The Hall–Kier alpha value is -2.51. The van der Waals surface area contributed by atoms with Gasteiger partial charge in [-0.25, -0.2) is 4.98 Å². The second-order valence-corrected chi connectivity index (χ2v) is 3.89. The van der Waals surface area contributed by atoms with Gasteiger partial charge in [0, 0.05) is 27.1 Å². The van der Waals surface area contributed by atoms with E-state index in [1.807, 2.05) is 0 Å². The minimum atomic E-state index is -0.258. The summed E-state index contributed by atoms with van der Waals surface area (Å²) in [7, 11) is 3.54. The summed E-state index contributed by atoms with van der Waals surface area (Å²) in [5.41, 5.74) is 0.285. The summed E-state index contributed by atoms with van der Waals surface area (Å²) in [4.78, 5) is 15.8. The van der Waals surface area contributed by atoms with Crippen LogP contribution in [-0.4, -0.2) is 44.5 Å². The number of nitrogens with zero attached hydrogens (tertiary/aromatic N) is 5. The van der Waals surface area contributed by atoms with Crippen molar-refractivity contribution in [3.63, 3.8) is 0 Å². The number of hydrogen-bond acceptors (Lipinski definition) is 6. The molecule has 0 aliphatic carbocycles. The maximum Gasteiger partial charge on any atom is 0.271 e. The lowest BCUT2D eigenvalue weighted by molar-refractivity contribution is 0.0948. The molecule has 1 amide bonds. The molecule has 0 radical (unpaired) electrons. The average Bonchev–Trinajstić information content (AvgIpc) is 2.84. The maximum atomic E-state index is 11.8. The molecule has 0 aliphatic rings. The van der Waals surface area contributed by atoms with Crippen molar-refractivity contribution < 1.29 is 4.79 Å². The monoisotopic (exact) mass is 261 g/mol. The predicted octanol–water partition coefficient (Wildman–Crippen LogP) is -0.381. The van der Waals surface area contributed by atoms with E-state index < -0.39 is 0 Å². The number of aromatic nitrogens is 5. The molecule has 19 heavy (non-hydrogen) atoms. The number of carbonyl (C=O) groups excluding carboxylic acids is 1. The smallest absolute Gasteiger partial charge is 0.271 e. The van der Waals surface area contributed by atoms with Gasteiger partial charge in [0.15, 0.2) is 11.5 Å². The summed E-state index contributed by atoms with van der Waals surface area (Å²) in [6.45, 7) is 0.457. The lowest BCUT2D eigenvalue weighted by Crippen LogP contribution is -2.27. The third-order valence-corrected chi connectivity index (χ3v) is 2.43. The van der Waals surface area contributed by atoms with Gasteiger partial charge in [0.05, 0.1) is 0 Å². The first kappa shape index (κ1) is 12.9. The molecule has 8 nitrogen and oxygen atoms in total. The number of carbonyl (C=O) groups is 1. The molecule has 0 bridgehead atoms. The van der Waals surface area contributed by atoms with E-state index in [9.17, 15) is 4.79 Å². The average molecular weight is 261 g/mol. The van der Waals surface area contributed by atoms with Crippen LogP contribution in [0.3, 0.4) is 0 Å². The molecule has 0 fully saturated rings. The van der Waals surface area contributed by atoms with Crippen molar-refractivity contribution in [3.8, 4) is 0 Å². The fourth-order valence-corrected chi connectivity index (χ4v) is 1.46. The van der Waals surface area contributed by atoms with Crippen molar-refractivity contribution in [3.05, 3.63) is 30.0 Å². The molecule has 100 valence electrons. The number of amides is 1. The van der Waals surface area contributed by atoms with Gasteiger partial charge >= 0.3 is 0 Å². The summed E-state index contributed by atoms with van der Waals surface area (Å²) in [6.07, 6.45) is 2.20. The molecule has 2 N–H and O–H groups in total. The van der Waals surface area contributed by atoms with Crippen LogP contribution in [0.15, 0.2) is 18.5 Å². The highest BCUT2D eigenvalue weighted by atomic mass is 16.1. The Labute approximate surface area is 110 Å². The van der Waals surface area contributed by atoms with Crippen LogP contribution in [0.5, 0.6) is 0 Å². The molecule has 0 saturated carbocycles. The van der Waals surface area contributed by atoms with Crippen LogP contribution in [-0.2, 0) is 13.5 Å². The van der Waals surface area contributed by atoms with Crippen molar-refractivity contribution in [2.24, 2.45) is 7.05 Å². The van der Waals surface area contributed by atoms with E-state index >= 15 is 0 Å². The Balaban J connectivity index is 1.83. The highest BCUT2D eigenvalue weighted by Gasteiger charge is 2.08. The molecule has 0 spiro atoms. The lowest BCUT2D eigenvalue weighted by Gasteiger charge is -2.03. The molecular formula is C11H15N7O. The number of rotatable bonds is 5. The van der Waals surface area contributed by atoms with Crippen LogP contribution in [0.25, 0.3) is 0 Å². The molecule has 8 heteroatoms. The van der Waals surface area contributed by atoms with Gasteiger partial charge in [0.2, 0.25) is 0 Å². The first-order valence-electron chi connectivity index (χ1n) is 5.83. The molecule has 0 unspecified atom stereocenters. The molecule has 2 heterocycles. The number of nitrogens with one attached hydrogen (secondary N) is 2. The van der Waals surface area contributed by atoms with Crippen molar-refractivity contribution in [2.45, 2.75) is 6.42 Å². The van der Waals surface area contributed by atoms with E-state index in [1.165, 1.54) is 0 Å². The van der Waals surface area contributed by atoms with Crippen molar-refractivity contribution >= 4 is 11.7 Å². The van der Waals surface area contributed by atoms with Crippen LogP contribution in [0, 0.1) is 0 Å². The zero-order valence-electron chi connectivity index (χ0n) is 10.8. The second-order valence-electron chi connectivity index (χ2n) is 3.89. The van der Waals surface area contributed by atoms with Crippen LogP contribution >= 0.6 is 0 Å². The molecule has 0 aliphatic heterocycles. The van der Waals surface area contributed by atoms with Gasteiger partial charge in [-0.15, -0.1) is 10.2 Å². The highest BCUT2D eigenvalue weighted by Crippen LogP contribution is 2.00. The summed E-state index contributed by atoms with van der Waals surface area (Å²) in [5, 5.41) is 17.4. The first-order chi connectivity index (χ1) is 9.19. The SMILES string of the molecule is CNc1ccc(C(=O)NCCc2ncn(C)n2)nn1. The van der Waals surface area contributed by atoms with E-state index in [1.54, 1.807) is 37.2 Å². The maximum absolute atomic E-state index is 11.8. The van der Waals surface area contributed by atoms with E-state index in [4.69, 9.17) is 0 Å². The third-order valence-electron chi connectivity index (χ3n) is 2.43. The number of aryl methyl sites for hydroxylation is 1. The minimum absolute atomic E-state index is 0.258. The summed E-state index contributed by atoms with van der Waals surface area (Å²) < 4.78 is 1.62. The van der Waals surface area contributed by atoms with Crippen molar-refractivity contribution in [1.29, 1.82) is 0 Å². The molecule has 2 rings (SSSR count). The van der Waals surface area contributed by atoms with Gasteiger partial charge in [0.25, 0.3) is 5.91 Å². The first-order valence-corrected chi connectivity index (χ1v) is 5.83. The van der Waals surface area contributed by atoms with Gasteiger partial charge in [-0.05, 0) is 12.1 Å². The Morgan fingerprint density at radius 3 is 2.79 bits per heavy atom. The summed E-state index contributed by atoms with van der Waals surface area (Å²) >= 11 is 0. The second kappa shape index (κ2) is 5.89. The highest BCUT2D eigenvalue weighted by molar-refractivity contribution is 5.92. The van der Waals surface area contributed by atoms with Gasteiger partial charge in [-0.1, -0.05) is 0 Å². The lowest BCUT2D eigenvalue weighted by atomic mass is 10.3. The standard InChI is InChI=1S/C11H15N7O/c1-12-9-4-3-8(15-16-9)11(19)13-6-5-10-14-7-18(2)17-10/h3-4,7H,5-6H2,1-2H3,(H,12,16)(H,13,19). The van der Waals surface area contributed by atoms with Crippen LogP contribution < -0.4 is 10.6 Å². The molecular weight excluding hydrogens is 246 g/mol. The van der Waals surface area contributed by atoms with E-state index in [0.717, 1.165) is 0 Å². The predicted molar refractivity (Wildman–Crippen MR) is 68.6 cm³/mol. The van der Waals surface area contributed by atoms with Gasteiger partial charge < -0.3 is 10.6 Å². The Morgan fingerprint density at radius 2 is 2.21 bits per heavy atom. The van der Waals surface area contributed by atoms with Gasteiger partial charge in [-0.3, -0.25) is 9.48 Å². The molecule has 0 atom stereocenters. The Kier molecular flexibility index (Phi) is 4.01. The van der Waals surface area contributed by atoms with Gasteiger partial charge in [-0.2, -0.15) is 5.10 Å². The fraction of sp³-hybridized carbons (Fsp3) is 0.364. The van der Waals surface area contributed by atoms with E-state index in [0.29, 0.717) is 24.6 Å². The normalized spacial score (nSPS) is 10.2. The van der Waals surface area contributed by atoms with E-state index in [-0.39, 0.29) is 11.6 Å². The Morgan fingerprint density at radius 1 is 1.37 bits per heavy atom. The van der Waals surface area contributed by atoms with Crippen LogP contribution in [0.2, 0.25) is 0 Å². The summed E-state index contributed by atoms with van der Waals surface area (Å²) in [6, 6.07) is 3.31. The fourth-order valence-electron chi connectivity index (χ4n) is 1.46. The molecule has 0 aromatic carbocycles. The number of anilines is 1. The Bertz CT molecular complexity index is 548. The molecule has 0 saturated heterocycles. The van der Waals surface area contributed by atoms with Crippen LogP contribution in [0.4, 0.5) is 5.82 Å². The zero-order chi connectivity index (χ0) is 13.7. The minimum Gasteiger partial charge on any atom is -0.372 e. The summed E-state index contributed by atoms with van der Waals surface area (Å²) in [5.74, 6) is 1.06. The molecule has 2 aromatic rings. The topological polar surface area (TPSA) is 97.6 Å². The van der Waals surface area contributed by atoms with E-state index in [2.05, 4.69) is 30.9 Å². The van der Waals surface area contributed by atoms with Crippen molar-refractivity contribution in [2.75, 3.05) is 18.9 Å². The molecule has 2 aromatic heterocycles. The van der Waals surface area contributed by atoms with Gasteiger partial charge in [0.1, 0.15) is 12.1 Å². The van der Waals surface area contributed by atoms with Crippen molar-refractivity contribution in [1.82, 2.24) is 30.3 Å². The zero-order valence-corrected chi connectivity index (χ0v) is 10.8. The quantitative estimate of drug-likeness (QED) is 0.761. The largest absolute Gasteiger partial charge is 0.372 e. The third kappa shape index (κ3) is 3.47.